The molecule has 42 heavy (non-hydrogen) atoms. The molecule has 6 nitrogen and oxygen atoms in total. The van der Waals surface area contributed by atoms with E-state index in [1.165, 1.54) is 5.56 Å². The lowest BCUT2D eigenvalue weighted by Crippen LogP contribution is -2.16. The average molecular weight is 605 g/mol. The summed E-state index contributed by atoms with van der Waals surface area (Å²) in [5.74, 6) is 2.56. The van der Waals surface area contributed by atoms with E-state index in [1.54, 1.807) is 23.5 Å². The van der Waals surface area contributed by atoms with Gasteiger partial charge in [0.25, 0.3) is 0 Å². The van der Waals surface area contributed by atoms with Crippen LogP contribution < -0.4 is 20.9 Å². The Labute approximate surface area is 259 Å². The molecule has 1 aliphatic rings. The third-order valence-electron chi connectivity index (χ3n) is 7.00. The molecule has 0 aliphatic carbocycles. The van der Waals surface area contributed by atoms with Gasteiger partial charge >= 0.3 is 0 Å². The van der Waals surface area contributed by atoms with Gasteiger partial charge in [0, 0.05) is 15.5 Å². The van der Waals surface area contributed by atoms with E-state index in [-0.39, 0.29) is 17.1 Å². The van der Waals surface area contributed by atoms with Gasteiger partial charge in [0.2, 0.25) is 0 Å². The van der Waals surface area contributed by atoms with Gasteiger partial charge in [-0.1, -0.05) is 96.3 Å². The maximum Gasteiger partial charge on any atom is 0.158 e. The summed E-state index contributed by atoms with van der Waals surface area (Å²) in [4.78, 5) is 8.11. The van der Waals surface area contributed by atoms with Crippen molar-refractivity contribution in [3.8, 4) is 11.5 Å². The van der Waals surface area contributed by atoms with Crippen molar-refractivity contribution in [2.24, 2.45) is 22.6 Å². The van der Waals surface area contributed by atoms with Crippen LogP contribution in [0.15, 0.2) is 73.1 Å². The predicted molar refractivity (Wildman–Crippen MR) is 178 cm³/mol. The van der Waals surface area contributed by atoms with E-state index in [0.29, 0.717) is 53.4 Å². The molecule has 3 aromatic carbocycles. The van der Waals surface area contributed by atoms with Crippen LogP contribution in [-0.2, 0) is 5.41 Å². The summed E-state index contributed by atoms with van der Waals surface area (Å²) in [5.41, 5.74) is 16.2. The third kappa shape index (κ3) is 7.45. The second-order valence-corrected chi connectivity index (χ2v) is 14.6. The van der Waals surface area contributed by atoms with E-state index in [0.717, 1.165) is 32.4 Å². The van der Waals surface area contributed by atoms with Crippen molar-refractivity contribution in [2.45, 2.75) is 86.3 Å². The molecule has 0 radical (unpaired) electrons. The van der Waals surface area contributed by atoms with E-state index in [4.69, 9.17) is 26.4 Å². The first-order chi connectivity index (χ1) is 19.9. The molecule has 1 heterocycles. The first kappa shape index (κ1) is 31.8. The van der Waals surface area contributed by atoms with Crippen LogP contribution in [0.5, 0.6) is 11.5 Å². The fourth-order valence-corrected chi connectivity index (χ4v) is 6.63. The van der Waals surface area contributed by atoms with Crippen LogP contribution in [0, 0.1) is 17.2 Å². The van der Waals surface area contributed by atoms with Crippen LogP contribution in [0.25, 0.3) is 0 Å². The van der Waals surface area contributed by atoms with E-state index < -0.39 is 0 Å². The molecule has 0 saturated heterocycles. The largest absolute Gasteiger partial charge is 0.492 e. The minimum absolute atomic E-state index is 0.0507. The molecule has 0 fully saturated rings. The summed E-state index contributed by atoms with van der Waals surface area (Å²) < 4.78 is 13.1. The molecule has 0 aromatic heterocycles. The Balaban J connectivity index is 1.95. The Kier molecular flexibility index (Phi) is 10.2. The first-order valence-corrected chi connectivity index (χ1v) is 16.2. The molecule has 3 aromatic rings. The lowest BCUT2D eigenvalue weighted by molar-refractivity contribution is 0.270. The molecule has 0 amide bonds. The molecule has 0 saturated carbocycles. The number of anilines is 1. The van der Waals surface area contributed by atoms with Gasteiger partial charge in [-0.25, -0.2) is 4.99 Å². The quantitative estimate of drug-likeness (QED) is 0.178. The highest BCUT2D eigenvalue weighted by atomic mass is 32.2. The van der Waals surface area contributed by atoms with Crippen molar-refractivity contribution >= 4 is 40.9 Å². The van der Waals surface area contributed by atoms with Gasteiger partial charge in [-0.3, -0.25) is 5.41 Å². The van der Waals surface area contributed by atoms with Crippen LogP contribution in [0.3, 0.4) is 0 Å². The minimum atomic E-state index is 0.0507. The number of nitrogens with one attached hydrogen (secondary N) is 1. The lowest BCUT2D eigenvalue weighted by atomic mass is 9.87. The smallest absolute Gasteiger partial charge is 0.158 e. The van der Waals surface area contributed by atoms with E-state index in [1.807, 2.05) is 24.3 Å². The molecule has 4 rings (SSSR count). The van der Waals surface area contributed by atoms with Gasteiger partial charge in [0.15, 0.2) is 5.84 Å². The number of nitrogens with zero attached hydrogens (tertiary/aromatic N) is 1. The zero-order valence-electron chi connectivity index (χ0n) is 25.8. The average Bonchev–Trinajstić information content (AvgIpc) is 3.20. The molecular formula is C34H44N4O2S2. The molecule has 5 N–H and O–H groups in total. The van der Waals surface area contributed by atoms with Crippen molar-refractivity contribution in [3.05, 3.63) is 65.2 Å². The minimum Gasteiger partial charge on any atom is -0.492 e. The molecule has 0 atom stereocenters. The zero-order valence-corrected chi connectivity index (χ0v) is 27.5. The summed E-state index contributed by atoms with van der Waals surface area (Å²) in [5, 5.41) is 8.82. The number of ether oxygens (including phenoxy) is 2. The first-order valence-electron chi connectivity index (χ1n) is 14.6. The van der Waals surface area contributed by atoms with Gasteiger partial charge < -0.3 is 20.9 Å². The summed E-state index contributed by atoms with van der Waals surface area (Å²) in [6.45, 7) is 16.4. The van der Waals surface area contributed by atoms with E-state index >= 15 is 0 Å². The Morgan fingerprint density at radius 1 is 0.786 bits per heavy atom. The van der Waals surface area contributed by atoms with Crippen LogP contribution in [-0.4, -0.2) is 24.9 Å². The molecule has 224 valence electrons. The van der Waals surface area contributed by atoms with Crippen LogP contribution >= 0.6 is 23.5 Å². The van der Waals surface area contributed by atoms with Crippen LogP contribution in [0.2, 0.25) is 0 Å². The van der Waals surface area contributed by atoms with Gasteiger partial charge in [-0.2, -0.15) is 0 Å². The van der Waals surface area contributed by atoms with Gasteiger partial charge in [0.1, 0.15) is 17.3 Å². The Morgan fingerprint density at radius 3 is 1.88 bits per heavy atom. The van der Waals surface area contributed by atoms with Crippen molar-refractivity contribution in [2.75, 3.05) is 18.9 Å². The number of hydrogen-bond donors (Lipinski definition) is 3. The van der Waals surface area contributed by atoms with Crippen molar-refractivity contribution in [1.82, 2.24) is 0 Å². The maximum absolute atomic E-state index is 8.82. The van der Waals surface area contributed by atoms with E-state index in [9.17, 15) is 0 Å². The highest BCUT2D eigenvalue weighted by molar-refractivity contribution is 8.02. The van der Waals surface area contributed by atoms with Crippen molar-refractivity contribution < 1.29 is 9.47 Å². The summed E-state index contributed by atoms with van der Waals surface area (Å²) >= 11 is 3.16. The zero-order chi connectivity index (χ0) is 30.6. The number of amidine groups is 2. The molecule has 8 heteroatoms. The number of fused-ring (bicyclic) bond motifs is 1. The number of para-hydroxylation sites is 1. The Morgan fingerprint density at radius 2 is 1.33 bits per heavy atom. The Hall–Kier alpha value is -3.10. The fourth-order valence-electron chi connectivity index (χ4n) is 4.44. The van der Waals surface area contributed by atoms with Gasteiger partial charge in [-0.15, -0.1) is 0 Å². The second kappa shape index (κ2) is 13.5. The fraction of sp³-hybridized carbons (Fsp3) is 0.412. The number of nitrogen functional groups attached to an aromatic ring is 1. The summed E-state index contributed by atoms with van der Waals surface area (Å²) in [6, 6.07) is 16.5. The molecular weight excluding hydrogens is 561 g/mol. The van der Waals surface area contributed by atoms with Gasteiger partial charge in [-0.05, 0) is 59.9 Å². The predicted octanol–water partition coefficient (Wildman–Crippen LogP) is 8.76. The third-order valence-corrected chi connectivity index (χ3v) is 9.42. The summed E-state index contributed by atoms with van der Waals surface area (Å²) in [6.07, 6.45) is 1.76. The highest BCUT2D eigenvalue weighted by Crippen LogP contribution is 2.54. The monoisotopic (exact) mass is 604 g/mol. The molecule has 0 bridgehead atoms. The van der Waals surface area contributed by atoms with E-state index in [2.05, 4.69) is 77.7 Å². The molecule has 0 spiro atoms. The highest BCUT2D eigenvalue weighted by Gasteiger charge is 2.35. The number of benzene rings is 3. The SMILES string of the molecule is CC(C)CCOc1c(Sc2ccc(C(C)(C)C)cc2)c(Sc2ccccc2N)c(OCCC(C)C)c2c1C(=N)N=C2N. The van der Waals surface area contributed by atoms with Crippen molar-refractivity contribution in [3.63, 3.8) is 0 Å². The van der Waals surface area contributed by atoms with Crippen LogP contribution in [0.4, 0.5) is 5.69 Å². The number of rotatable bonds is 12. The second-order valence-electron chi connectivity index (χ2n) is 12.5. The number of nitrogens with two attached hydrogens (primary N) is 2. The topological polar surface area (TPSA) is 107 Å². The number of hydrogen-bond acceptors (Lipinski definition) is 7. The molecule has 1 aliphatic heterocycles. The standard InChI is InChI=1S/C34H44N4O2S2/c1-20(2)16-18-39-28-26-27(33(37)38-32(26)36)29(40-19-17-21(3)4)31(42-25-11-9-8-10-24(25)35)30(28)41-23-14-12-22(13-15-23)34(5,6)7/h8-15,20-21H,16-19,35H2,1-7H3,(H3,36,37,38). The van der Waals surface area contributed by atoms with Gasteiger partial charge in [0.05, 0.1) is 34.1 Å². The Bertz CT molecular complexity index is 1460. The summed E-state index contributed by atoms with van der Waals surface area (Å²) in [7, 11) is 0. The number of aliphatic imine (C=N–C) groups is 1. The van der Waals surface area contributed by atoms with Crippen LogP contribution in [0.1, 0.15) is 78.0 Å². The lowest BCUT2D eigenvalue weighted by Gasteiger charge is -2.24. The normalized spacial score (nSPS) is 13.1. The maximum atomic E-state index is 8.82. The molecule has 0 unspecified atom stereocenters. The van der Waals surface area contributed by atoms with Crippen molar-refractivity contribution in [1.29, 1.82) is 5.41 Å².